The van der Waals surface area contributed by atoms with Gasteiger partial charge in [-0.25, -0.2) is 9.37 Å². The van der Waals surface area contributed by atoms with Gasteiger partial charge in [0.25, 0.3) is 5.91 Å². The van der Waals surface area contributed by atoms with Crippen LogP contribution < -0.4 is 5.32 Å². The Kier molecular flexibility index (Phi) is 5.55. The van der Waals surface area contributed by atoms with Crippen LogP contribution in [-0.2, 0) is 6.42 Å². The Bertz CT molecular complexity index is 994. The molecule has 1 aromatic carbocycles. The van der Waals surface area contributed by atoms with Gasteiger partial charge in [0.05, 0.1) is 5.56 Å². The number of benzene rings is 1. The Morgan fingerprint density at radius 3 is 2.69 bits per heavy atom. The average Bonchev–Trinajstić information content (AvgIpc) is 3.13. The first-order valence-electron chi connectivity index (χ1n) is 9.87. The van der Waals surface area contributed by atoms with Crippen LogP contribution in [0.15, 0.2) is 48.5 Å². The number of hydrogen-bond donors (Lipinski definition) is 2. The van der Waals surface area contributed by atoms with Gasteiger partial charge in [0.2, 0.25) is 0 Å². The smallest absolute Gasteiger partial charge is 0.256 e. The molecule has 0 aliphatic carbocycles. The topological polar surface area (TPSA) is 73.9 Å². The molecule has 0 bridgehead atoms. The molecule has 0 atom stereocenters. The van der Waals surface area contributed by atoms with Crippen molar-refractivity contribution in [3.8, 4) is 0 Å². The van der Waals surface area contributed by atoms with Crippen molar-refractivity contribution in [1.82, 2.24) is 20.1 Å². The molecule has 1 fully saturated rings. The molecule has 3 aromatic rings. The van der Waals surface area contributed by atoms with E-state index in [4.69, 9.17) is 0 Å². The Balaban J connectivity index is 1.33. The summed E-state index contributed by atoms with van der Waals surface area (Å²) in [6.07, 6.45) is 2.63. The van der Waals surface area contributed by atoms with Gasteiger partial charge in [0.1, 0.15) is 11.6 Å². The molecule has 7 heteroatoms. The second-order valence-corrected chi connectivity index (χ2v) is 7.49. The van der Waals surface area contributed by atoms with Gasteiger partial charge in [-0.15, -0.1) is 0 Å². The van der Waals surface area contributed by atoms with E-state index in [-0.39, 0.29) is 11.5 Å². The summed E-state index contributed by atoms with van der Waals surface area (Å²) in [5.41, 5.74) is 2.15. The molecule has 0 radical (unpaired) electrons. The molecule has 3 heterocycles. The van der Waals surface area contributed by atoms with E-state index in [1.165, 1.54) is 6.07 Å². The Morgan fingerprint density at radius 1 is 1.17 bits per heavy atom. The van der Waals surface area contributed by atoms with Crippen molar-refractivity contribution in [2.75, 3.05) is 18.4 Å². The highest BCUT2D eigenvalue weighted by molar-refractivity contribution is 5.94. The second kappa shape index (κ2) is 8.43. The quantitative estimate of drug-likeness (QED) is 0.685. The molecule has 0 saturated carbocycles. The molecule has 29 heavy (non-hydrogen) atoms. The van der Waals surface area contributed by atoms with Gasteiger partial charge < -0.3 is 10.2 Å². The Hall–Kier alpha value is -3.22. The summed E-state index contributed by atoms with van der Waals surface area (Å²) in [4.78, 5) is 19.0. The van der Waals surface area contributed by atoms with Crippen LogP contribution in [0.4, 0.5) is 16.0 Å². The zero-order valence-electron chi connectivity index (χ0n) is 16.4. The zero-order valence-corrected chi connectivity index (χ0v) is 16.4. The number of carbonyl (C=O) groups excluding carboxylic acids is 1. The number of amides is 1. The van der Waals surface area contributed by atoms with E-state index >= 15 is 0 Å². The lowest BCUT2D eigenvalue weighted by molar-refractivity contribution is 0.0685. The molecule has 2 N–H and O–H groups in total. The van der Waals surface area contributed by atoms with Crippen LogP contribution >= 0.6 is 0 Å². The van der Waals surface area contributed by atoms with E-state index in [9.17, 15) is 9.18 Å². The van der Waals surface area contributed by atoms with Gasteiger partial charge in [-0.05, 0) is 56.4 Å². The number of piperidine rings is 1. The van der Waals surface area contributed by atoms with E-state index in [0.29, 0.717) is 19.0 Å². The van der Waals surface area contributed by atoms with Gasteiger partial charge in [-0.1, -0.05) is 18.2 Å². The maximum atomic E-state index is 13.9. The summed E-state index contributed by atoms with van der Waals surface area (Å²) in [6, 6.07) is 14.0. The third-order valence-corrected chi connectivity index (χ3v) is 5.27. The van der Waals surface area contributed by atoms with Crippen molar-refractivity contribution in [1.29, 1.82) is 0 Å². The van der Waals surface area contributed by atoms with Crippen molar-refractivity contribution < 1.29 is 9.18 Å². The number of anilines is 2. The average molecular weight is 393 g/mol. The van der Waals surface area contributed by atoms with Crippen LogP contribution in [0.2, 0.25) is 0 Å². The van der Waals surface area contributed by atoms with Crippen molar-refractivity contribution in [2.45, 2.75) is 26.2 Å². The minimum absolute atomic E-state index is 0.153. The minimum atomic E-state index is -0.458. The number of rotatable bonds is 5. The number of likely N-dealkylation sites (tertiary alicyclic amines) is 1. The van der Waals surface area contributed by atoms with Crippen molar-refractivity contribution >= 4 is 17.5 Å². The van der Waals surface area contributed by atoms with Crippen LogP contribution in [0.1, 0.15) is 34.6 Å². The van der Waals surface area contributed by atoms with E-state index in [1.54, 1.807) is 23.1 Å². The highest BCUT2D eigenvalue weighted by Crippen LogP contribution is 2.24. The number of H-pyrrole nitrogens is 1. The maximum absolute atomic E-state index is 13.9. The number of aromatic amines is 1. The molecule has 2 aromatic heterocycles. The van der Waals surface area contributed by atoms with E-state index in [2.05, 4.69) is 20.5 Å². The van der Waals surface area contributed by atoms with Crippen molar-refractivity contribution in [3.05, 3.63) is 71.3 Å². The molecule has 0 spiro atoms. The second-order valence-electron chi connectivity index (χ2n) is 7.49. The number of nitrogens with zero attached hydrogens (tertiary/aromatic N) is 3. The minimum Gasteiger partial charge on any atom is -0.339 e. The summed E-state index contributed by atoms with van der Waals surface area (Å²) in [7, 11) is 0. The number of carbonyl (C=O) groups is 1. The highest BCUT2D eigenvalue weighted by atomic mass is 19.1. The third-order valence-electron chi connectivity index (χ3n) is 5.27. The predicted molar refractivity (Wildman–Crippen MR) is 110 cm³/mol. The number of hydrogen-bond acceptors (Lipinski definition) is 4. The van der Waals surface area contributed by atoms with Crippen LogP contribution in [0.5, 0.6) is 0 Å². The van der Waals surface area contributed by atoms with Gasteiger partial charge in [0, 0.05) is 30.5 Å². The Morgan fingerprint density at radius 2 is 1.97 bits per heavy atom. The normalized spacial score (nSPS) is 14.8. The fourth-order valence-corrected chi connectivity index (χ4v) is 3.72. The first kappa shape index (κ1) is 19.1. The highest BCUT2D eigenvalue weighted by Gasteiger charge is 2.25. The van der Waals surface area contributed by atoms with E-state index in [0.717, 1.165) is 42.3 Å². The zero-order chi connectivity index (χ0) is 20.2. The Labute approximate surface area is 169 Å². The van der Waals surface area contributed by atoms with E-state index in [1.807, 2.05) is 31.2 Å². The molecular weight excluding hydrogens is 369 g/mol. The number of aromatic nitrogens is 3. The third kappa shape index (κ3) is 4.62. The van der Waals surface area contributed by atoms with Crippen LogP contribution in [-0.4, -0.2) is 39.1 Å². The largest absolute Gasteiger partial charge is 0.339 e. The molecular formula is C22H24FN5O. The fraction of sp³-hybridized carbons (Fsp3) is 0.318. The molecule has 1 amide bonds. The standard InChI is InChI=1S/C22H24FN5O/c1-15-13-21(27-26-15)25-20-8-4-5-17(24-20)14-16-9-11-28(12-10-16)22(29)18-6-2-3-7-19(18)23/h2-8,13,16H,9-12,14H2,1H3,(H2,24,25,26,27). The summed E-state index contributed by atoms with van der Waals surface area (Å²) in [6.45, 7) is 3.23. The van der Waals surface area contributed by atoms with Crippen LogP contribution in [0, 0.1) is 18.7 Å². The lowest BCUT2D eigenvalue weighted by Gasteiger charge is -2.32. The number of pyridine rings is 1. The molecule has 4 rings (SSSR count). The first-order valence-corrected chi connectivity index (χ1v) is 9.87. The summed E-state index contributed by atoms with van der Waals surface area (Å²) in [5, 5.41) is 10.3. The summed E-state index contributed by atoms with van der Waals surface area (Å²) < 4.78 is 13.9. The first-order chi connectivity index (χ1) is 14.1. The van der Waals surface area contributed by atoms with Gasteiger partial charge >= 0.3 is 0 Å². The van der Waals surface area contributed by atoms with Crippen molar-refractivity contribution in [3.63, 3.8) is 0 Å². The predicted octanol–water partition coefficient (Wildman–Crippen LogP) is 4.09. The van der Waals surface area contributed by atoms with Crippen LogP contribution in [0.3, 0.4) is 0 Å². The molecule has 1 aliphatic rings. The number of nitrogens with one attached hydrogen (secondary N) is 2. The molecule has 0 unspecified atom stereocenters. The van der Waals surface area contributed by atoms with Crippen molar-refractivity contribution in [2.24, 2.45) is 5.92 Å². The molecule has 1 saturated heterocycles. The number of aryl methyl sites for hydroxylation is 1. The van der Waals surface area contributed by atoms with Gasteiger partial charge in [-0.2, -0.15) is 5.10 Å². The monoisotopic (exact) mass is 393 g/mol. The molecule has 1 aliphatic heterocycles. The lowest BCUT2D eigenvalue weighted by atomic mass is 9.91. The fourth-order valence-electron chi connectivity index (χ4n) is 3.72. The summed E-state index contributed by atoms with van der Waals surface area (Å²) >= 11 is 0. The summed E-state index contributed by atoms with van der Waals surface area (Å²) in [5.74, 6) is 1.28. The molecule has 150 valence electrons. The maximum Gasteiger partial charge on any atom is 0.256 e. The molecule has 6 nitrogen and oxygen atoms in total. The lowest BCUT2D eigenvalue weighted by Crippen LogP contribution is -2.39. The SMILES string of the molecule is Cc1cc(Nc2cccc(CC3CCN(C(=O)c4ccccc4F)CC3)n2)n[nH]1. The van der Waals surface area contributed by atoms with Crippen LogP contribution in [0.25, 0.3) is 0 Å². The van der Waals surface area contributed by atoms with Gasteiger partial charge in [0.15, 0.2) is 5.82 Å². The number of halogens is 1. The van der Waals surface area contributed by atoms with Gasteiger partial charge in [-0.3, -0.25) is 9.89 Å². The van der Waals surface area contributed by atoms with E-state index < -0.39 is 5.82 Å².